The molecule has 1 aliphatic heterocycles. The third kappa shape index (κ3) is 3.83. The van der Waals surface area contributed by atoms with Crippen LogP contribution in [0.5, 0.6) is 0 Å². The highest BCUT2D eigenvalue weighted by molar-refractivity contribution is 5.95. The molecule has 2 amide bonds. The second-order valence-corrected chi connectivity index (χ2v) is 8.20. The molecule has 0 unspecified atom stereocenters. The van der Waals surface area contributed by atoms with Gasteiger partial charge in [0.05, 0.1) is 29.3 Å². The molecule has 34 heavy (non-hydrogen) atoms. The number of carbonyl (C=O) groups excluding carboxylic acids is 1. The average molecular weight is 451 g/mol. The fourth-order valence-corrected chi connectivity index (χ4v) is 4.22. The zero-order valence-electron chi connectivity index (χ0n) is 18.2. The maximum Gasteiger partial charge on any atom is 0.322 e. The molecule has 5 aromatic rings. The lowest BCUT2D eigenvalue weighted by atomic mass is 10.0. The Morgan fingerprint density at radius 1 is 1.06 bits per heavy atom. The third-order valence-electron chi connectivity index (χ3n) is 6.01. The van der Waals surface area contributed by atoms with Crippen LogP contribution in [0.25, 0.3) is 27.5 Å². The number of amides is 2. The molecule has 168 valence electrons. The maximum absolute atomic E-state index is 12.6. The lowest BCUT2D eigenvalue weighted by Crippen LogP contribution is -2.37. The van der Waals surface area contributed by atoms with Crippen LogP contribution in [0, 0.1) is 0 Å². The topological polar surface area (TPSA) is 115 Å². The summed E-state index contributed by atoms with van der Waals surface area (Å²) in [6, 6.07) is 13.7. The lowest BCUT2D eigenvalue weighted by molar-refractivity contribution is 0.217. The van der Waals surface area contributed by atoms with Crippen LogP contribution in [0.2, 0.25) is 0 Å². The summed E-state index contributed by atoms with van der Waals surface area (Å²) in [5, 5.41) is 15.5. The number of pyridine rings is 2. The van der Waals surface area contributed by atoms with Gasteiger partial charge in [-0.2, -0.15) is 5.10 Å². The van der Waals surface area contributed by atoms with Crippen LogP contribution in [0.3, 0.4) is 0 Å². The molecular formula is C25H22N8O. The number of hydrogen-bond acceptors (Lipinski definition) is 5. The van der Waals surface area contributed by atoms with E-state index in [0.29, 0.717) is 18.8 Å². The van der Waals surface area contributed by atoms with Gasteiger partial charge in [-0.3, -0.25) is 10.1 Å². The first-order valence-corrected chi connectivity index (χ1v) is 11.1. The van der Waals surface area contributed by atoms with Gasteiger partial charge in [0.1, 0.15) is 5.65 Å². The Hall–Kier alpha value is -4.66. The number of nitrogens with one attached hydrogen (secondary N) is 4. The standard InChI is InChI=1S/C25H22N8O/c34-25(30-19-2-1-8-26-15-19)33-10-6-16(7-11-33)23-13-20-22(5-9-27-24(20)31-23)29-18-3-4-21-17(12-18)14-28-32-21/h1-6,8-9,12-15H,7,10-11H2,(H,28,32)(H,30,34)(H2,27,29,31). The molecule has 0 bridgehead atoms. The van der Waals surface area contributed by atoms with E-state index in [-0.39, 0.29) is 6.03 Å². The van der Waals surface area contributed by atoms with Gasteiger partial charge in [0.2, 0.25) is 0 Å². The van der Waals surface area contributed by atoms with Crippen LogP contribution in [0.1, 0.15) is 12.1 Å². The summed E-state index contributed by atoms with van der Waals surface area (Å²) in [5.41, 5.74) is 6.67. The molecule has 4 N–H and O–H groups in total. The number of nitrogens with zero attached hydrogens (tertiary/aromatic N) is 4. The number of carbonyl (C=O) groups is 1. The van der Waals surface area contributed by atoms with Gasteiger partial charge < -0.3 is 20.5 Å². The van der Waals surface area contributed by atoms with Crippen LogP contribution in [0.15, 0.2) is 73.3 Å². The Morgan fingerprint density at radius 2 is 2.03 bits per heavy atom. The number of fused-ring (bicyclic) bond motifs is 2. The van der Waals surface area contributed by atoms with Gasteiger partial charge in [-0.05, 0) is 54.5 Å². The summed E-state index contributed by atoms with van der Waals surface area (Å²) < 4.78 is 0. The molecule has 4 aromatic heterocycles. The van der Waals surface area contributed by atoms with E-state index in [9.17, 15) is 4.79 Å². The van der Waals surface area contributed by atoms with Gasteiger partial charge in [0.25, 0.3) is 0 Å². The van der Waals surface area contributed by atoms with E-state index >= 15 is 0 Å². The third-order valence-corrected chi connectivity index (χ3v) is 6.01. The van der Waals surface area contributed by atoms with E-state index in [4.69, 9.17) is 0 Å². The van der Waals surface area contributed by atoms with Crippen molar-refractivity contribution in [3.05, 3.63) is 79.0 Å². The summed E-state index contributed by atoms with van der Waals surface area (Å²) in [4.78, 5) is 26.3. The second kappa shape index (κ2) is 8.36. The molecule has 0 spiro atoms. The van der Waals surface area contributed by atoms with Crippen molar-refractivity contribution in [2.75, 3.05) is 23.7 Å². The van der Waals surface area contributed by atoms with Crippen LogP contribution in [-0.2, 0) is 0 Å². The normalized spacial score (nSPS) is 13.8. The number of H-pyrrole nitrogens is 2. The van der Waals surface area contributed by atoms with Crippen molar-refractivity contribution < 1.29 is 4.79 Å². The van der Waals surface area contributed by atoms with Crippen LogP contribution >= 0.6 is 0 Å². The first-order chi connectivity index (χ1) is 16.7. The van der Waals surface area contributed by atoms with E-state index in [0.717, 1.165) is 45.4 Å². The summed E-state index contributed by atoms with van der Waals surface area (Å²) in [6.45, 7) is 1.18. The number of aromatic nitrogens is 5. The molecule has 5 heterocycles. The first-order valence-electron chi connectivity index (χ1n) is 11.1. The van der Waals surface area contributed by atoms with Crippen LogP contribution < -0.4 is 10.6 Å². The molecule has 0 fully saturated rings. The van der Waals surface area contributed by atoms with Crippen molar-refractivity contribution in [3.8, 4) is 0 Å². The van der Waals surface area contributed by atoms with Crippen molar-refractivity contribution in [2.45, 2.75) is 6.42 Å². The van der Waals surface area contributed by atoms with Gasteiger partial charge in [0, 0.05) is 47.6 Å². The smallest absolute Gasteiger partial charge is 0.322 e. The van der Waals surface area contributed by atoms with E-state index in [1.807, 2.05) is 30.5 Å². The van der Waals surface area contributed by atoms with Gasteiger partial charge in [-0.25, -0.2) is 9.78 Å². The van der Waals surface area contributed by atoms with Crippen LogP contribution in [-0.4, -0.2) is 49.2 Å². The Labute approximate surface area is 194 Å². The number of urea groups is 1. The Balaban J connectivity index is 1.20. The fourth-order valence-electron chi connectivity index (χ4n) is 4.22. The summed E-state index contributed by atoms with van der Waals surface area (Å²) in [7, 11) is 0. The SMILES string of the molecule is O=C(Nc1cccnc1)N1CC=C(c2cc3c(Nc4ccc5[nH]ncc5c4)ccnc3[nH]2)CC1. The minimum Gasteiger partial charge on any atom is -0.355 e. The highest BCUT2D eigenvalue weighted by Crippen LogP contribution is 2.31. The van der Waals surface area contributed by atoms with Crippen molar-refractivity contribution in [1.29, 1.82) is 0 Å². The molecule has 6 rings (SSSR count). The van der Waals surface area contributed by atoms with E-state index in [1.54, 1.807) is 29.6 Å². The molecule has 1 aliphatic rings. The predicted molar refractivity (Wildman–Crippen MR) is 133 cm³/mol. The van der Waals surface area contributed by atoms with Gasteiger partial charge in [-0.1, -0.05) is 6.08 Å². The van der Waals surface area contributed by atoms with Gasteiger partial charge in [0.15, 0.2) is 0 Å². The number of anilines is 3. The van der Waals surface area contributed by atoms with E-state index in [2.05, 4.69) is 54.0 Å². The molecule has 0 radical (unpaired) electrons. The van der Waals surface area contributed by atoms with Crippen LogP contribution in [0.4, 0.5) is 21.9 Å². The molecule has 0 saturated heterocycles. The maximum atomic E-state index is 12.6. The molecule has 1 aromatic carbocycles. The Morgan fingerprint density at radius 3 is 2.88 bits per heavy atom. The predicted octanol–water partition coefficient (Wildman–Crippen LogP) is 4.90. The molecule has 9 nitrogen and oxygen atoms in total. The Kier molecular flexibility index (Phi) is 4.91. The molecule has 0 aliphatic carbocycles. The lowest BCUT2D eigenvalue weighted by Gasteiger charge is -2.26. The summed E-state index contributed by atoms with van der Waals surface area (Å²) in [6.07, 6.45) is 9.78. The van der Waals surface area contributed by atoms with E-state index in [1.165, 1.54) is 5.57 Å². The highest BCUT2D eigenvalue weighted by atomic mass is 16.2. The van der Waals surface area contributed by atoms with E-state index < -0.39 is 0 Å². The molecule has 0 saturated carbocycles. The minimum absolute atomic E-state index is 0.123. The Bertz CT molecular complexity index is 1520. The monoisotopic (exact) mass is 450 g/mol. The zero-order chi connectivity index (χ0) is 22.9. The fraction of sp³-hybridized carbons (Fsp3) is 0.120. The average Bonchev–Trinajstić information content (AvgIpc) is 3.52. The quantitative estimate of drug-likeness (QED) is 0.311. The molecule has 0 atom stereocenters. The zero-order valence-corrected chi connectivity index (χ0v) is 18.2. The number of benzene rings is 1. The molecular weight excluding hydrogens is 428 g/mol. The molecule has 9 heteroatoms. The second-order valence-electron chi connectivity index (χ2n) is 8.20. The number of aromatic amines is 2. The van der Waals surface area contributed by atoms with Crippen molar-refractivity contribution >= 4 is 50.6 Å². The highest BCUT2D eigenvalue weighted by Gasteiger charge is 2.19. The minimum atomic E-state index is -0.123. The summed E-state index contributed by atoms with van der Waals surface area (Å²) in [5.74, 6) is 0. The van der Waals surface area contributed by atoms with Crippen molar-refractivity contribution in [2.24, 2.45) is 0 Å². The largest absolute Gasteiger partial charge is 0.355 e. The summed E-state index contributed by atoms with van der Waals surface area (Å²) >= 11 is 0. The van der Waals surface area contributed by atoms with Gasteiger partial charge in [-0.15, -0.1) is 0 Å². The number of rotatable bonds is 4. The van der Waals surface area contributed by atoms with Crippen molar-refractivity contribution in [1.82, 2.24) is 30.0 Å². The number of hydrogen-bond donors (Lipinski definition) is 4. The van der Waals surface area contributed by atoms with Gasteiger partial charge >= 0.3 is 6.03 Å². The first kappa shape index (κ1) is 20.0. The van der Waals surface area contributed by atoms with Crippen molar-refractivity contribution in [3.63, 3.8) is 0 Å².